The van der Waals surface area contributed by atoms with E-state index in [1.165, 1.54) is 0 Å². The Kier molecular flexibility index (Phi) is 4.25. The van der Waals surface area contributed by atoms with Crippen LogP contribution >= 0.6 is 11.5 Å². The van der Waals surface area contributed by atoms with Crippen molar-refractivity contribution in [3.63, 3.8) is 0 Å². The first-order valence-corrected chi connectivity index (χ1v) is 6.29. The normalized spacial score (nSPS) is 10.1. The summed E-state index contributed by atoms with van der Waals surface area (Å²) in [6.07, 6.45) is 0. The maximum Gasteiger partial charge on any atom is 0.282 e. The van der Waals surface area contributed by atoms with Gasteiger partial charge in [0.15, 0.2) is 0 Å². The molecule has 1 aromatic heterocycles. The average molecular weight is 263 g/mol. The van der Waals surface area contributed by atoms with Crippen LogP contribution in [0.4, 0.5) is 0 Å². The number of aromatic nitrogens is 2. The molecule has 1 amide bonds. The fourth-order valence-corrected chi connectivity index (χ4v) is 1.90. The average Bonchev–Trinajstić information content (AvgIpc) is 2.82. The highest BCUT2D eigenvalue weighted by Crippen LogP contribution is 2.07. The Morgan fingerprint density at radius 2 is 2.17 bits per heavy atom. The maximum absolute atomic E-state index is 11.6. The van der Waals surface area contributed by atoms with Gasteiger partial charge >= 0.3 is 0 Å². The number of carbonyl (C=O) groups excluding carboxylic acids is 1. The van der Waals surface area contributed by atoms with Gasteiger partial charge in [0.25, 0.3) is 5.91 Å². The van der Waals surface area contributed by atoms with Crippen LogP contribution in [0.15, 0.2) is 30.3 Å². The van der Waals surface area contributed by atoms with Gasteiger partial charge in [-0.3, -0.25) is 4.79 Å². The Morgan fingerprint density at radius 3 is 2.83 bits per heavy atom. The summed E-state index contributed by atoms with van der Waals surface area (Å²) in [6.45, 7) is 2.62. The molecule has 0 saturated carbocycles. The van der Waals surface area contributed by atoms with Crippen LogP contribution in [-0.2, 0) is 0 Å². The molecule has 1 aromatic carbocycles. The number of hydrogen-bond donors (Lipinski definition) is 1. The predicted molar refractivity (Wildman–Crippen MR) is 68.9 cm³/mol. The molecule has 0 saturated heterocycles. The van der Waals surface area contributed by atoms with Crippen molar-refractivity contribution in [2.24, 2.45) is 0 Å². The number of rotatable bonds is 5. The van der Waals surface area contributed by atoms with Gasteiger partial charge in [-0.2, -0.15) is 4.37 Å². The first-order chi connectivity index (χ1) is 8.75. The summed E-state index contributed by atoms with van der Waals surface area (Å²) in [5.74, 6) is 1.20. The van der Waals surface area contributed by atoms with E-state index in [9.17, 15) is 4.79 Å². The zero-order valence-corrected chi connectivity index (χ0v) is 10.7. The van der Waals surface area contributed by atoms with E-state index in [4.69, 9.17) is 4.74 Å². The number of aryl methyl sites for hydroxylation is 1. The second-order valence-electron chi connectivity index (χ2n) is 3.56. The molecule has 0 atom stereocenters. The molecule has 0 radical (unpaired) electrons. The van der Waals surface area contributed by atoms with Crippen LogP contribution in [0, 0.1) is 6.92 Å². The van der Waals surface area contributed by atoms with Crippen LogP contribution in [0.3, 0.4) is 0 Å². The van der Waals surface area contributed by atoms with Crippen molar-refractivity contribution >= 4 is 17.4 Å². The largest absolute Gasteiger partial charge is 0.492 e. The number of carbonyl (C=O) groups is 1. The van der Waals surface area contributed by atoms with E-state index in [2.05, 4.69) is 14.7 Å². The number of hydrogen-bond acceptors (Lipinski definition) is 5. The summed E-state index contributed by atoms with van der Waals surface area (Å²) < 4.78 is 9.40. The molecule has 0 bridgehead atoms. The molecule has 2 rings (SSSR count). The highest BCUT2D eigenvalue weighted by molar-refractivity contribution is 7.07. The van der Waals surface area contributed by atoms with Crippen LogP contribution in [0.25, 0.3) is 0 Å². The molecule has 0 fully saturated rings. The molecule has 6 heteroatoms. The highest BCUT2D eigenvalue weighted by Gasteiger charge is 2.09. The molecule has 2 aromatic rings. The third-order valence-electron chi connectivity index (χ3n) is 2.12. The van der Waals surface area contributed by atoms with E-state index < -0.39 is 0 Å². The molecule has 5 nitrogen and oxygen atoms in total. The summed E-state index contributed by atoms with van der Waals surface area (Å²) >= 11 is 1.10. The van der Waals surface area contributed by atoms with Crippen molar-refractivity contribution in [2.45, 2.75) is 6.92 Å². The van der Waals surface area contributed by atoms with Crippen molar-refractivity contribution in [3.05, 3.63) is 41.2 Å². The molecular formula is C12H13N3O2S. The van der Waals surface area contributed by atoms with Crippen LogP contribution in [0.5, 0.6) is 5.75 Å². The van der Waals surface area contributed by atoms with E-state index in [1.54, 1.807) is 6.92 Å². The minimum atomic E-state index is -0.211. The van der Waals surface area contributed by atoms with Crippen molar-refractivity contribution in [3.8, 4) is 5.75 Å². The standard InChI is InChI=1S/C12H13N3O2S/c1-9-14-12(18-15-9)11(16)13-7-8-17-10-5-3-2-4-6-10/h2-6H,7-8H2,1H3,(H,13,16). The Labute approximate surface area is 109 Å². The number of ether oxygens (including phenoxy) is 1. The van der Waals surface area contributed by atoms with E-state index in [1.807, 2.05) is 30.3 Å². The summed E-state index contributed by atoms with van der Waals surface area (Å²) in [4.78, 5) is 15.6. The smallest absolute Gasteiger partial charge is 0.282 e. The molecular weight excluding hydrogens is 250 g/mol. The van der Waals surface area contributed by atoms with E-state index in [0.717, 1.165) is 17.3 Å². The van der Waals surface area contributed by atoms with Crippen LogP contribution < -0.4 is 10.1 Å². The van der Waals surface area contributed by atoms with Gasteiger partial charge < -0.3 is 10.1 Å². The van der Waals surface area contributed by atoms with Gasteiger partial charge in [0.1, 0.15) is 18.2 Å². The highest BCUT2D eigenvalue weighted by atomic mass is 32.1. The van der Waals surface area contributed by atoms with Crippen molar-refractivity contribution < 1.29 is 9.53 Å². The topological polar surface area (TPSA) is 64.1 Å². The summed E-state index contributed by atoms with van der Waals surface area (Å²) in [7, 11) is 0. The zero-order valence-electron chi connectivity index (χ0n) is 9.92. The molecule has 94 valence electrons. The van der Waals surface area contributed by atoms with E-state index in [-0.39, 0.29) is 5.91 Å². The molecule has 1 heterocycles. The molecule has 1 N–H and O–H groups in total. The minimum absolute atomic E-state index is 0.211. The first-order valence-electron chi connectivity index (χ1n) is 5.52. The molecule has 18 heavy (non-hydrogen) atoms. The fraction of sp³-hybridized carbons (Fsp3) is 0.250. The first kappa shape index (κ1) is 12.5. The van der Waals surface area contributed by atoms with Crippen molar-refractivity contribution in [1.82, 2.24) is 14.7 Å². The van der Waals surface area contributed by atoms with Crippen LogP contribution in [0.2, 0.25) is 0 Å². The Balaban J connectivity index is 1.71. The zero-order chi connectivity index (χ0) is 12.8. The van der Waals surface area contributed by atoms with E-state index >= 15 is 0 Å². The molecule has 0 spiro atoms. The van der Waals surface area contributed by atoms with Crippen molar-refractivity contribution in [2.75, 3.05) is 13.2 Å². The second-order valence-corrected chi connectivity index (χ2v) is 4.32. The number of nitrogens with zero attached hydrogens (tertiary/aromatic N) is 2. The molecule has 0 aliphatic heterocycles. The lowest BCUT2D eigenvalue weighted by atomic mass is 10.3. The second kappa shape index (κ2) is 6.11. The van der Waals surface area contributed by atoms with Gasteiger partial charge in [-0.25, -0.2) is 4.98 Å². The Morgan fingerprint density at radius 1 is 1.39 bits per heavy atom. The summed E-state index contributed by atoms with van der Waals surface area (Å²) in [5, 5.41) is 3.11. The fourth-order valence-electron chi connectivity index (χ4n) is 1.32. The quantitative estimate of drug-likeness (QED) is 0.833. The monoisotopic (exact) mass is 263 g/mol. The van der Waals surface area contributed by atoms with Gasteiger partial charge in [-0.1, -0.05) is 18.2 Å². The van der Waals surface area contributed by atoms with Gasteiger partial charge in [0.2, 0.25) is 5.01 Å². The van der Waals surface area contributed by atoms with Gasteiger partial charge in [-0.15, -0.1) is 0 Å². The van der Waals surface area contributed by atoms with E-state index in [0.29, 0.717) is 24.0 Å². The lowest BCUT2D eigenvalue weighted by molar-refractivity contribution is 0.0946. The third-order valence-corrected chi connectivity index (χ3v) is 2.93. The molecule has 0 aliphatic rings. The number of amides is 1. The van der Waals surface area contributed by atoms with Crippen LogP contribution in [0.1, 0.15) is 15.6 Å². The molecule has 0 unspecified atom stereocenters. The number of benzene rings is 1. The molecule has 0 aliphatic carbocycles. The minimum Gasteiger partial charge on any atom is -0.492 e. The van der Waals surface area contributed by atoms with Crippen molar-refractivity contribution in [1.29, 1.82) is 0 Å². The predicted octanol–water partition coefficient (Wildman–Crippen LogP) is 1.66. The number of para-hydroxylation sites is 1. The van der Waals surface area contributed by atoms with Gasteiger partial charge in [0, 0.05) is 0 Å². The lowest BCUT2D eigenvalue weighted by Crippen LogP contribution is -2.28. The van der Waals surface area contributed by atoms with Gasteiger partial charge in [-0.05, 0) is 30.6 Å². The summed E-state index contributed by atoms with van der Waals surface area (Å²) in [5.41, 5.74) is 0. The number of nitrogens with one attached hydrogen (secondary N) is 1. The SMILES string of the molecule is Cc1nsc(C(=O)NCCOc2ccccc2)n1. The maximum atomic E-state index is 11.6. The van der Waals surface area contributed by atoms with Gasteiger partial charge in [0.05, 0.1) is 6.54 Å². The van der Waals surface area contributed by atoms with Crippen LogP contribution in [-0.4, -0.2) is 28.4 Å². The lowest BCUT2D eigenvalue weighted by Gasteiger charge is -2.06. The Bertz CT molecular complexity index is 513. The summed E-state index contributed by atoms with van der Waals surface area (Å²) in [6, 6.07) is 9.47. The Hall–Kier alpha value is -1.95. The third kappa shape index (κ3) is 3.53.